The molecule has 0 radical (unpaired) electrons. The minimum Gasteiger partial charge on any atom is -0.375 e. The summed E-state index contributed by atoms with van der Waals surface area (Å²) in [7, 11) is 0. The van der Waals surface area contributed by atoms with E-state index in [1.807, 2.05) is 6.20 Å². The van der Waals surface area contributed by atoms with Crippen LogP contribution in [-0.4, -0.2) is 4.98 Å². The fourth-order valence-corrected chi connectivity index (χ4v) is 3.08. The van der Waals surface area contributed by atoms with Gasteiger partial charge in [-0.25, -0.2) is 4.98 Å². The van der Waals surface area contributed by atoms with Crippen LogP contribution in [-0.2, 0) is 6.54 Å². The number of hydrogen-bond acceptors (Lipinski definition) is 4. The van der Waals surface area contributed by atoms with Crippen LogP contribution in [0.2, 0.25) is 0 Å². The van der Waals surface area contributed by atoms with Gasteiger partial charge in [0.2, 0.25) is 0 Å². The van der Waals surface area contributed by atoms with Gasteiger partial charge in [0, 0.05) is 23.7 Å². The summed E-state index contributed by atoms with van der Waals surface area (Å²) in [6.45, 7) is 9.75. The summed E-state index contributed by atoms with van der Waals surface area (Å²) in [4.78, 5) is 5.28. The van der Waals surface area contributed by atoms with Gasteiger partial charge in [0.1, 0.15) is 0 Å². The molecule has 2 aromatic rings. The van der Waals surface area contributed by atoms with E-state index in [-0.39, 0.29) is 0 Å². The Morgan fingerprint density at radius 2 is 1.71 bits per heavy atom. The summed E-state index contributed by atoms with van der Waals surface area (Å²) in [6.07, 6.45) is 1.85. The predicted octanol–water partition coefficient (Wildman–Crippen LogP) is 4.34. The number of hydrogen-bond donors (Lipinski definition) is 2. The molecule has 1 aromatic carbocycles. The first-order valence-electron chi connectivity index (χ1n) is 7.50. The van der Waals surface area contributed by atoms with Gasteiger partial charge >= 0.3 is 0 Å². The summed E-state index contributed by atoms with van der Waals surface area (Å²) in [5.74, 6) is 1.10. The molecule has 114 valence electrons. The second kappa shape index (κ2) is 7.05. The van der Waals surface area contributed by atoms with Crippen LogP contribution in [0.1, 0.15) is 55.7 Å². The molecular weight excluding hydrogens is 278 g/mol. The Hall–Kier alpha value is -1.39. The third kappa shape index (κ3) is 4.29. The summed E-state index contributed by atoms with van der Waals surface area (Å²) < 4.78 is 0. The van der Waals surface area contributed by atoms with Crippen molar-refractivity contribution in [3.05, 3.63) is 46.5 Å². The molecule has 0 bridgehead atoms. The fourth-order valence-electron chi connectivity index (χ4n) is 2.44. The van der Waals surface area contributed by atoms with E-state index in [2.05, 4.69) is 62.3 Å². The first-order valence-corrected chi connectivity index (χ1v) is 8.32. The quantitative estimate of drug-likeness (QED) is 0.835. The molecule has 0 amide bonds. The van der Waals surface area contributed by atoms with Crippen LogP contribution in [0.4, 0.5) is 5.13 Å². The highest BCUT2D eigenvalue weighted by Crippen LogP contribution is 2.25. The Kier molecular flexibility index (Phi) is 5.37. The zero-order valence-electron chi connectivity index (χ0n) is 13.3. The van der Waals surface area contributed by atoms with Crippen molar-refractivity contribution in [2.45, 2.75) is 46.2 Å². The number of thiazole rings is 1. The smallest absolute Gasteiger partial charge is 0.180 e. The van der Waals surface area contributed by atoms with Crippen molar-refractivity contribution < 1.29 is 0 Å². The van der Waals surface area contributed by atoms with Gasteiger partial charge in [0.25, 0.3) is 0 Å². The van der Waals surface area contributed by atoms with Crippen molar-refractivity contribution >= 4 is 16.5 Å². The molecule has 3 nitrogen and oxygen atoms in total. The largest absolute Gasteiger partial charge is 0.375 e. The molecule has 1 unspecified atom stereocenters. The Balaban J connectivity index is 2.07. The molecule has 0 spiro atoms. The number of nitrogens with one attached hydrogen (secondary N) is 1. The minimum absolute atomic E-state index is 0.342. The molecule has 0 saturated heterocycles. The van der Waals surface area contributed by atoms with Crippen LogP contribution in [0.15, 0.2) is 30.5 Å². The van der Waals surface area contributed by atoms with E-state index in [0.717, 1.165) is 6.54 Å². The van der Waals surface area contributed by atoms with E-state index in [0.29, 0.717) is 23.0 Å². The van der Waals surface area contributed by atoms with Gasteiger partial charge < -0.3 is 11.1 Å². The molecule has 0 aliphatic carbocycles. The Morgan fingerprint density at radius 1 is 1.10 bits per heavy atom. The molecule has 3 N–H and O–H groups in total. The number of nitrogens with zero attached hydrogens (tertiary/aromatic N) is 1. The van der Waals surface area contributed by atoms with Crippen LogP contribution in [0.25, 0.3) is 0 Å². The van der Waals surface area contributed by atoms with Crippen LogP contribution >= 0.6 is 11.3 Å². The van der Waals surface area contributed by atoms with E-state index in [4.69, 9.17) is 5.73 Å². The molecule has 4 heteroatoms. The molecule has 0 saturated carbocycles. The molecule has 2 rings (SSSR count). The molecule has 0 aliphatic heterocycles. The highest BCUT2D eigenvalue weighted by molar-refractivity contribution is 7.15. The SMILES string of the molecule is CC(C)c1ccc(C(NCc2cnc(N)s2)C(C)C)cc1. The number of rotatable bonds is 6. The number of benzene rings is 1. The van der Waals surface area contributed by atoms with Crippen LogP contribution in [0.3, 0.4) is 0 Å². The molecule has 1 heterocycles. The van der Waals surface area contributed by atoms with Gasteiger partial charge in [0.05, 0.1) is 0 Å². The lowest BCUT2D eigenvalue weighted by Crippen LogP contribution is -2.25. The summed E-state index contributed by atoms with van der Waals surface area (Å²) in [6, 6.07) is 9.31. The fraction of sp³-hybridized carbons (Fsp3) is 0.471. The zero-order valence-corrected chi connectivity index (χ0v) is 14.1. The molecule has 0 aliphatic rings. The van der Waals surface area contributed by atoms with Crippen molar-refractivity contribution in [1.82, 2.24) is 10.3 Å². The molecule has 1 atom stereocenters. The maximum Gasteiger partial charge on any atom is 0.180 e. The standard InChI is InChI=1S/C17H25N3S/c1-11(2)13-5-7-14(8-6-13)16(12(3)4)19-9-15-10-20-17(18)21-15/h5-8,10-12,16,19H,9H2,1-4H3,(H2,18,20). The average Bonchev–Trinajstić information content (AvgIpc) is 2.85. The first kappa shape index (κ1) is 16.0. The van der Waals surface area contributed by atoms with E-state index >= 15 is 0 Å². The highest BCUT2D eigenvalue weighted by atomic mass is 32.1. The van der Waals surface area contributed by atoms with E-state index in [1.54, 1.807) is 11.3 Å². The van der Waals surface area contributed by atoms with Gasteiger partial charge in [-0.2, -0.15) is 0 Å². The van der Waals surface area contributed by atoms with Gasteiger partial charge in [-0.05, 0) is 23.0 Å². The maximum absolute atomic E-state index is 5.68. The molecule has 0 fully saturated rings. The average molecular weight is 303 g/mol. The van der Waals surface area contributed by atoms with Crippen molar-refractivity contribution in [3.63, 3.8) is 0 Å². The topological polar surface area (TPSA) is 50.9 Å². The van der Waals surface area contributed by atoms with E-state index in [9.17, 15) is 0 Å². The summed E-state index contributed by atoms with van der Waals surface area (Å²) in [5, 5.41) is 4.26. The third-order valence-electron chi connectivity index (χ3n) is 3.70. The van der Waals surface area contributed by atoms with Crippen molar-refractivity contribution in [2.24, 2.45) is 5.92 Å². The molecule has 21 heavy (non-hydrogen) atoms. The number of aromatic nitrogens is 1. The Morgan fingerprint density at radius 3 is 2.19 bits per heavy atom. The zero-order chi connectivity index (χ0) is 15.4. The molecular formula is C17H25N3S. The number of anilines is 1. The second-order valence-corrected chi connectivity index (χ2v) is 7.24. The van der Waals surface area contributed by atoms with Crippen molar-refractivity contribution in [1.29, 1.82) is 0 Å². The van der Waals surface area contributed by atoms with E-state index in [1.165, 1.54) is 16.0 Å². The monoisotopic (exact) mass is 303 g/mol. The van der Waals surface area contributed by atoms with Crippen molar-refractivity contribution in [2.75, 3.05) is 5.73 Å². The lowest BCUT2D eigenvalue weighted by Gasteiger charge is -2.23. The maximum atomic E-state index is 5.68. The van der Waals surface area contributed by atoms with E-state index < -0.39 is 0 Å². The number of nitrogen functional groups attached to an aromatic ring is 1. The van der Waals surface area contributed by atoms with Gasteiger partial charge in [-0.3, -0.25) is 0 Å². The third-order valence-corrected chi connectivity index (χ3v) is 4.52. The normalized spacial score (nSPS) is 13.0. The van der Waals surface area contributed by atoms with Crippen molar-refractivity contribution in [3.8, 4) is 0 Å². The van der Waals surface area contributed by atoms with Gasteiger partial charge in [0.15, 0.2) is 5.13 Å². The lowest BCUT2D eigenvalue weighted by molar-refractivity contribution is 0.412. The predicted molar refractivity (Wildman–Crippen MR) is 91.5 cm³/mol. The summed E-state index contributed by atoms with van der Waals surface area (Å²) in [5.41, 5.74) is 8.41. The Bertz CT molecular complexity index is 558. The first-order chi connectivity index (χ1) is 9.97. The summed E-state index contributed by atoms with van der Waals surface area (Å²) >= 11 is 1.55. The van der Waals surface area contributed by atoms with Gasteiger partial charge in [-0.15, -0.1) is 11.3 Å². The highest BCUT2D eigenvalue weighted by Gasteiger charge is 2.16. The van der Waals surface area contributed by atoms with Crippen LogP contribution < -0.4 is 11.1 Å². The van der Waals surface area contributed by atoms with Crippen LogP contribution in [0, 0.1) is 5.92 Å². The van der Waals surface area contributed by atoms with Crippen LogP contribution in [0.5, 0.6) is 0 Å². The molecule has 1 aromatic heterocycles. The lowest BCUT2D eigenvalue weighted by atomic mass is 9.93. The van der Waals surface area contributed by atoms with Gasteiger partial charge in [-0.1, -0.05) is 52.0 Å². The minimum atomic E-state index is 0.342. The number of nitrogens with two attached hydrogens (primary N) is 1. The second-order valence-electron chi connectivity index (χ2n) is 6.09. The Labute approximate surface area is 131 Å².